The molecule has 4 nitrogen and oxygen atoms in total. The lowest BCUT2D eigenvalue weighted by molar-refractivity contribution is -0.130. The Bertz CT molecular complexity index is 458. The molecule has 2 N–H and O–H groups in total. The fraction of sp³-hybridized carbons (Fsp3) is 0.462. The molecular weight excluding hydrogens is 252 g/mol. The fourth-order valence-corrected chi connectivity index (χ4v) is 2.00. The van der Waals surface area contributed by atoms with Crippen molar-refractivity contribution in [2.24, 2.45) is 0 Å². The minimum Gasteiger partial charge on any atom is -0.363 e. The molecule has 0 radical (unpaired) electrons. The second-order valence-corrected chi connectivity index (χ2v) is 5.29. The first-order chi connectivity index (χ1) is 8.48. The Labute approximate surface area is 112 Å². The largest absolute Gasteiger partial charge is 0.363 e. The zero-order valence-corrected chi connectivity index (χ0v) is 11.3. The van der Waals surface area contributed by atoms with E-state index in [1.807, 2.05) is 19.9 Å². The van der Waals surface area contributed by atoms with Crippen LogP contribution in [0.4, 0.5) is 5.69 Å². The van der Waals surface area contributed by atoms with Crippen molar-refractivity contribution in [2.75, 3.05) is 25.0 Å². The predicted molar refractivity (Wildman–Crippen MR) is 72.0 cm³/mol. The van der Waals surface area contributed by atoms with E-state index in [9.17, 15) is 4.79 Å². The summed E-state index contributed by atoms with van der Waals surface area (Å²) in [7, 11) is 0. The molecule has 0 spiro atoms. The van der Waals surface area contributed by atoms with Gasteiger partial charge >= 0.3 is 0 Å². The molecule has 18 heavy (non-hydrogen) atoms. The van der Waals surface area contributed by atoms with Crippen LogP contribution in [-0.2, 0) is 9.53 Å². The maximum absolute atomic E-state index is 11.7. The molecule has 1 aromatic rings. The van der Waals surface area contributed by atoms with Crippen LogP contribution in [-0.4, -0.2) is 31.2 Å². The van der Waals surface area contributed by atoms with Crippen molar-refractivity contribution >= 4 is 23.2 Å². The van der Waals surface area contributed by atoms with Crippen molar-refractivity contribution in [3.8, 4) is 0 Å². The van der Waals surface area contributed by atoms with Gasteiger partial charge in [-0.15, -0.1) is 0 Å². The molecule has 1 heterocycles. The summed E-state index contributed by atoms with van der Waals surface area (Å²) < 4.78 is 5.56. The number of amides is 1. The maximum Gasteiger partial charge on any atom is 0.250 e. The second kappa shape index (κ2) is 5.26. The first kappa shape index (κ1) is 13.3. The van der Waals surface area contributed by atoms with Crippen molar-refractivity contribution in [2.45, 2.75) is 19.4 Å². The van der Waals surface area contributed by atoms with E-state index in [-0.39, 0.29) is 18.1 Å². The average Bonchev–Trinajstić information content (AvgIpc) is 2.28. The van der Waals surface area contributed by atoms with E-state index in [1.54, 1.807) is 12.1 Å². The lowest BCUT2D eigenvalue weighted by atomic mass is 10.0. The van der Waals surface area contributed by atoms with E-state index < -0.39 is 0 Å². The van der Waals surface area contributed by atoms with Crippen LogP contribution in [0.3, 0.4) is 0 Å². The quantitative estimate of drug-likeness (QED) is 0.878. The highest BCUT2D eigenvalue weighted by molar-refractivity contribution is 6.30. The van der Waals surface area contributed by atoms with Gasteiger partial charge in [0.15, 0.2) is 0 Å². The first-order valence-electron chi connectivity index (χ1n) is 5.89. The van der Waals surface area contributed by atoms with Gasteiger partial charge in [0, 0.05) is 23.8 Å². The molecule has 0 bridgehead atoms. The van der Waals surface area contributed by atoms with E-state index in [1.165, 1.54) is 0 Å². The highest BCUT2D eigenvalue weighted by atomic mass is 35.5. The number of aryl methyl sites for hydroxylation is 1. The number of benzene rings is 1. The van der Waals surface area contributed by atoms with E-state index >= 15 is 0 Å². The average molecular weight is 269 g/mol. The van der Waals surface area contributed by atoms with Gasteiger partial charge in [0.05, 0.1) is 5.60 Å². The zero-order chi connectivity index (χ0) is 13.2. The van der Waals surface area contributed by atoms with Gasteiger partial charge in [0.25, 0.3) is 0 Å². The molecule has 1 fully saturated rings. The van der Waals surface area contributed by atoms with Crippen molar-refractivity contribution in [1.29, 1.82) is 0 Å². The van der Waals surface area contributed by atoms with Crippen LogP contribution in [0, 0.1) is 6.92 Å². The molecular formula is C13H17ClN2O2. The summed E-state index contributed by atoms with van der Waals surface area (Å²) in [5.41, 5.74) is 1.50. The molecule has 0 saturated carbocycles. The standard InChI is InChI=1S/C13H17ClN2O2/c1-9-5-10(14)3-4-11(9)16-12(17)6-18-13(2)7-15-8-13/h3-5,15H,6-8H2,1-2H3,(H,16,17). The van der Waals surface area contributed by atoms with Crippen molar-refractivity contribution in [1.82, 2.24) is 5.32 Å². The Morgan fingerprint density at radius 2 is 2.28 bits per heavy atom. The van der Waals surface area contributed by atoms with Crippen LogP contribution < -0.4 is 10.6 Å². The summed E-state index contributed by atoms with van der Waals surface area (Å²) in [6.07, 6.45) is 0. The third kappa shape index (κ3) is 3.22. The number of nitrogens with one attached hydrogen (secondary N) is 2. The monoisotopic (exact) mass is 268 g/mol. The lowest BCUT2D eigenvalue weighted by Gasteiger charge is -2.38. The summed E-state index contributed by atoms with van der Waals surface area (Å²) in [5, 5.41) is 6.60. The highest BCUT2D eigenvalue weighted by Crippen LogP contribution is 2.20. The summed E-state index contributed by atoms with van der Waals surface area (Å²) in [4.78, 5) is 11.7. The zero-order valence-electron chi connectivity index (χ0n) is 10.5. The predicted octanol–water partition coefficient (Wildman–Crippen LogP) is 1.97. The Kier molecular flexibility index (Phi) is 3.90. The summed E-state index contributed by atoms with van der Waals surface area (Å²) in [5.74, 6) is -0.145. The van der Waals surface area contributed by atoms with E-state index in [2.05, 4.69) is 10.6 Å². The van der Waals surface area contributed by atoms with Gasteiger partial charge < -0.3 is 15.4 Å². The van der Waals surface area contributed by atoms with Gasteiger partial charge in [-0.25, -0.2) is 0 Å². The molecule has 1 aliphatic heterocycles. The smallest absolute Gasteiger partial charge is 0.250 e. The topological polar surface area (TPSA) is 50.4 Å². The highest BCUT2D eigenvalue weighted by Gasteiger charge is 2.32. The number of ether oxygens (including phenoxy) is 1. The molecule has 1 aliphatic rings. The van der Waals surface area contributed by atoms with Gasteiger partial charge in [0.2, 0.25) is 5.91 Å². The number of hydrogen-bond donors (Lipinski definition) is 2. The maximum atomic E-state index is 11.7. The molecule has 0 unspecified atom stereocenters. The first-order valence-corrected chi connectivity index (χ1v) is 6.27. The van der Waals surface area contributed by atoms with E-state index in [0.717, 1.165) is 24.3 Å². The summed E-state index contributed by atoms with van der Waals surface area (Å²) >= 11 is 5.86. The third-order valence-corrected chi connectivity index (χ3v) is 3.25. The Morgan fingerprint density at radius 1 is 1.56 bits per heavy atom. The molecule has 0 aliphatic carbocycles. The van der Waals surface area contributed by atoms with Gasteiger partial charge in [-0.1, -0.05) is 11.6 Å². The Morgan fingerprint density at radius 3 is 2.83 bits per heavy atom. The Hall–Kier alpha value is -1.10. The summed E-state index contributed by atoms with van der Waals surface area (Å²) in [6.45, 7) is 5.55. The molecule has 1 aromatic carbocycles. The van der Waals surface area contributed by atoms with Gasteiger partial charge in [-0.05, 0) is 37.6 Å². The van der Waals surface area contributed by atoms with Crippen LogP contribution in [0.25, 0.3) is 0 Å². The van der Waals surface area contributed by atoms with Crippen molar-refractivity contribution < 1.29 is 9.53 Å². The third-order valence-electron chi connectivity index (χ3n) is 3.01. The van der Waals surface area contributed by atoms with Crippen LogP contribution in [0.1, 0.15) is 12.5 Å². The molecule has 98 valence electrons. The molecule has 0 aromatic heterocycles. The summed E-state index contributed by atoms with van der Waals surface area (Å²) in [6, 6.07) is 5.36. The molecule has 5 heteroatoms. The van der Waals surface area contributed by atoms with E-state index in [4.69, 9.17) is 16.3 Å². The number of anilines is 1. The Balaban J connectivity index is 1.87. The molecule has 2 rings (SSSR count). The normalized spacial score (nSPS) is 17.1. The van der Waals surface area contributed by atoms with Gasteiger partial charge in [-0.2, -0.15) is 0 Å². The minimum atomic E-state index is -0.202. The number of halogens is 1. The SMILES string of the molecule is Cc1cc(Cl)ccc1NC(=O)COC1(C)CNC1. The van der Waals surface area contributed by atoms with Crippen molar-refractivity contribution in [3.63, 3.8) is 0 Å². The number of hydrogen-bond acceptors (Lipinski definition) is 3. The molecule has 1 amide bonds. The van der Waals surface area contributed by atoms with Crippen LogP contribution in [0.2, 0.25) is 5.02 Å². The lowest BCUT2D eigenvalue weighted by Crippen LogP contribution is -2.59. The van der Waals surface area contributed by atoms with E-state index in [0.29, 0.717) is 5.02 Å². The number of rotatable bonds is 4. The number of carbonyl (C=O) groups excluding carboxylic acids is 1. The van der Waals surface area contributed by atoms with Crippen LogP contribution in [0.5, 0.6) is 0 Å². The van der Waals surface area contributed by atoms with Gasteiger partial charge in [-0.3, -0.25) is 4.79 Å². The number of carbonyl (C=O) groups is 1. The fourth-order valence-electron chi connectivity index (χ4n) is 1.77. The van der Waals surface area contributed by atoms with Crippen LogP contribution >= 0.6 is 11.6 Å². The second-order valence-electron chi connectivity index (χ2n) is 4.85. The van der Waals surface area contributed by atoms with Crippen LogP contribution in [0.15, 0.2) is 18.2 Å². The van der Waals surface area contributed by atoms with Crippen molar-refractivity contribution in [3.05, 3.63) is 28.8 Å². The molecule has 1 saturated heterocycles. The van der Waals surface area contributed by atoms with Gasteiger partial charge in [0.1, 0.15) is 6.61 Å². The molecule has 0 atom stereocenters. The minimum absolute atomic E-state index is 0.0697.